The third-order valence-corrected chi connectivity index (χ3v) is 9.05. The summed E-state index contributed by atoms with van der Waals surface area (Å²) in [5, 5.41) is 2.88. The summed E-state index contributed by atoms with van der Waals surface area (Å²) >= 11 is 0. The van der Waals surface area contributed by atoms with Gasteiger partial charge in [0, 0.05) is 25.2 Å². The topological polar surface area (TPSA) is 81.8 Å². The fourth-order valence-corrected chi connectivity index (χ4v) is 6.41. The molecule has 7 nitrogen and oxygen atoms in total. The van der Waals surface area contributed by atoms with Crippen LogP contribution in [0.25, 0.3) is 0 Å². The van der Waals surface area contributed by atoms with Crippen molar-refractivity contribution >= 4 is 21.6 Å². The maximum absolute atomic E-state index is 12.7. The first kappa shape index (κ1) is 27.8. The number of hydrogen-bond acceptors (Lipinski definition) is 5. The molecule has 0 radical (unpaired) electrons. The van der Waals surface area contributed by atoms with E-state index in [1.807, 2.05) is 0 Å². The number of rotatable bonds is 12. The maximum Gasteiger partial charge on any atom is 0.240 e. The zero-order chi connectivity index (χ0) is 25.9. The van der Waals surface area contributed by atoms with Crippen molar-refractivity contribution in [1.82, 2.24) is 14.5 Å². The van der Waals surface area contributed by atoms with Gasteiger partial charge in [-0.2, -0.15) is 0 Å². The molecule has 4 rings (SSSR count). The van der Waals surface area contributed by atoms with Gasteiger partial charge in [0.05, 0.1) is 4.90 Å². The second-order valence-corrected chi connectivity index (χ2v) is 12.2. The zero-order valence-corrected chi connectivity index (χ0v) is 22.7. The summed E-state index contributed by atoms with van der Waals surface area (Å²) in [6.07, 6.45) is 8.47. The van der Waals surface area contributed by atoms with Crippen LogP contribution in [0.4, 0.5) is 5.69 Å². The predicted molar refractivity (Wildman–Crippen MR) is 149 cm³/mol. The van der Waals surface area contributed by atoms with Crippen LogP contribution in [-0.4, -0.2) is 69.9 Å². The highest BCUT2D eigenvalue weighted by Gasteiger charge is 2.20. The number of carbonyl (C=O) groups is 1. The molecule has 2 heterocycles. The molecule has 37 heavy (non-hydrogen) atoms. The van der Waals surface area contributed by atoms with Crippen molar-refractivity contribution in [3.8, 4) is 0 Å². The van der Waals surface area contributed by atoms with Crippen molar-refractivity contribution in [3.63, 3.8) is 0 Å². The summed E-state index contributed by atoms with van der Waals surface area (Å²) in [7, 11) is -3.56. The van der Waals surface area contributed by atoms with Crippen molar-refractivity contribution in [3.05, 3.63) is 60.2 Å². The molecule has 0 aromatic heterocycles. The molecule has 0 atom stereocenters. The van der Waals surface area contributed by atoms with Gasteiger partial charge in [0.2, 0.25) is 15.9 Å². The lowest BCUT2D eigenvalue weighted by molar-refractivity contribution is -0.116. The summed E-state index contributed by atoms with van der Waals surface area (Å²) in [5.74, 6) is 0.697. The summed E-state index contributed by atoms with van der Waals surface area (Å²) < 4.78 is 28.1. The van der Waals surface area contributed by atoms with E-state index in [1.165, 1.54) is 37.7 Å². The molecule has 0 unspecified atom stereocenters. The highest BCUT2D eigenvalue weighted by Crippen LogP contribution is 2.22. The SMILES string of the molecule is O=C(CCN1CCCCC1)Nc1ccc(S(=O)(=O)NCCCN2CCC(Cc3ccccc3)CC2)cc1. The molecular weight excluding hydrogens is 484 g/mol. The fraction of sp³-hybridized carbons (Fsp3) is 0.552. The number of nitrogens with one attached hydrogen (secondary N) is 2. The number of piperidine rings is 2. The zero-order valence-electron chi connectivity index (χ0n) is 21.9. The molecule has 2 saturated heterocycles. The largest absolute Gasteiger partial charge is 0.326 e. The van der Waals surface area contributed by atoms with Crippen LogP contribution in [0.2, 0.25) is 0 Å². The van der Waals surface area contributed by atoms with Crippen LogP contribution in [0, 0.1) is 5.92 Å². The van der Waals surface area contributed by atoms with Crippen LogP contribution in [0.3, 0.4) is 0 Å². The normalized spacial score (nSPS) is 18.1. The molecular formula is C29H42N4O3S. The number of amides is 1. The first-order chi connectivity index (χ1) is 18.0. The van der Waals surface area contributed by atoms with E-state index in [0.29, 0.717) is 18.7 Å². The number of sulfonamides is 1. The van der Waals surface area contributed by atoms with E-state index in [4.69, 9.17) is 0 Å². The Hall–Kier alpha value is -2.26. The molecule has 2 aliphatic heterocycles. The Morgan fingerprint density at radius 3 is 2.22 bits per heavy atom. The Morgan fingerprint density at radius 1 is 0.838 bits per heavy atom. The van der Waals surface area contributed by atoms with Gasteiger partial charge in [0.1, 0.15) is 0 Å². The van der Waals surface area contributed by atoms with Crippen LogP contribution in [0.5, 0.6) is 0 Å². The van der Waals surface area contributed by atoms with Crippen molar-refractivity contribution in [2.45, 2.75) is 56.3 Å². The van der Waals surface area contributed by atoms with Gasteiger partial charge >= 0.3 is 0 Å². The van der Waals surface area contributed by atoms with Crippen molar-refractivity contribution in [1.29, 1.82) is 0 Å². The quantitative estimate of drug-likeness (QED) is 0.407. The highest BCUT2D eigenvalue weighted by molar-refractivity contribution is 7.89. The highest BCUT2D eigenvalue weighted by atomic mass is 32.2. The first-order valence-electron chi connectivity index (χ1n) is 13.9. The molecule has 0 spiro atoms. The Labute approximate surface area is 222 Å². The van der Waals surface area contributed by atoms with E-state index in [0.717, 1.165) is 58.0 Å². The average Bonchev–Trinajstić information content (AvgIpc) is 2.92. The summed E-state index contributed by atoms with van der Waals surface area (Å²) in [6.45, 7) is 6.39. The molecule has 2 aromatic carbocycles. The number of likely N-dealkylation sites (tertiary alicyclic amines) is 2. The smallest absolute Gasteiger partial charge is 0.240 e. The molecule has 2 N–H and O–H groups in total. The number of hydrogen-bond donors (Lipinski definition) is 2. The molecule has 8 heteroatoms. The van der Waals surface area contributed by atoms with Crippen molar-refractivity contribution in [2.75, 3.05) is 51.1 Å². The molecule has 0 saturated carbocycles. The lowest BCUT2D eigenvalue weighted by atomic mass is 9.90. The first-order valence-corrected chi connectivity index (χ1v) is 15.3. The second kappa shape index (κ2) is 14.0. The average molecular weight is 527 g/mol. The van der Waals surface area contributed by atoms with Gasteiger partial charge in [0.15, 0.2) is 0 Å². The van der Waals surface area contributed by atoms with Gasteiger partial charge in [-0.15, -0.1) is 0 Å². The van der Waals surface area contributed by atoms with Gasteiger partial charge in [-0.25, -0.2) is 13.1 Å². The van der Waals surface area contributed by atoms with E-state index in [-0.39, 0.29) is 10.8 Å². The maximum atomic E-state index is 12.7. The third kappa shape index (κ3) is 9.21. The lowest BCUT2D eigenvalue weighted by Gasteiger charge is -2.32. The molecule has 0 aliphatic carbocycles. The van der Waals surface area contributed by atoms with Crippen LogP contribution in [0.15, 0.2) is 59.5 Å². The van der Waals surface area contributed by atoms with E-state index >= 15 is 0 Å². The van der Waals surface area contributed by atoms with Gasteiger partial charge in [-0.05, 0) is 107 Å². The third-order valence-electron chi connectivity index (χ3n) is 7.57. The Morgan fingerprint density at radius 2 is 1.51 bits per heavy atom. The fourth-order valence-electron chi connectivity index (χ4n) is 5.34. The van der Waals surface area contributed by atoms with Gasteiger partial charge in [0.25, 0.3) is 0 Å². The number of anilines is 1. The van der Waals surface area contributed by atoms with E-state index < -0.39 is 10.0 Å². The Balaban J connectivity index is 1.12. The summed E-state index contributed by atoms with van der Waals surface area (Å²) in [5.41, 5.74) is 2.04. The second-order valence-electron chi connectivity index (χ2n) is 10.5. The number of carbonyl (C=O) groups excluding carboxylic acids is 1. The Bertz CT molecular complexity index is 1060. The van der Waals surface area contributed by atoms with Crippen LogP contribution in [-0.2, 0) is 21.2 Å². The Kier molecular flexibility index (Phi) is 10.5. The molecule has 1 amide bonds. The van der Waals surface area contributed by atoms with Crippen LogP contribution >= 0.6 is 0 Å². The van der Waals surface area contributed by atoms with E-state index in [9.17, 15) is 13.2 Å². The van der Waals surface area contributed by atoms with Crippen molar-refractivity contribution in [2.24, 2.45) is 5.92 Å². The summed E-state index contributed by atoms with van der Waals surface area (Å²) in [6, 6.07) is 17.1. The van der Waals surface area contributed by atoms with Crippen molar-refractivity contribution < 1.29 is 13.2 Å². The monoisotopic (exact) mass is 526 g/mol. The predicted octanol–water partition coefficient (Wildman–Crippen LogP) is 4.12. The molecule has 2 aromatic rings. The van der Waals surface area contributed by atoms with E-state index in [1.54, 1.807) is 24.3 Å². The number of nitrogens with zero attached hydrogens (tertiary/aromatic N) is 2. The molecule has 0 bridgehead atoms. The minimum Gasteiger partial charge on any atom is -0.326 e. The number of benzene rings is 2. The van der Waals surface area contributed by atoms with E-state index in [2.05, 4.69) is 50.2 Å². The minimum atomic E-state index is -3.56. The molecule has 202 valence electrons. The molecule has 2 aliphatic rings. The van der Waals surface area contributed by atoms with Crippen LogP contribution in [0.1, 0.15) is 50.5 Å². The van der Waals surface area contributed by atoms with Gasteiger partial charge in [-0.3, -0.25) is 4.79 Å². The standard InChI is InChI=1S/C29H42N4O3S/c34-29(16-23-32-18-5-2-6-19-32)31-27-10-12-28(13-11-27)37(35,36)30-17-7-20-33-21-14-26(15-22-33)24-25-8-3-1-4-9-25/h1,3-4,8-13,26,30H,2,5-7,14-24H2,(H,31,34). The van der Waals surface area contributed by atoms with Crippen LogP contribution < -0.4 is 10.0 Å². The van der Waals surface area contributed by atoms with Gasteiger partial charge < -0.3 is 15.1 Å². The minimum absolute atomic E-state index is 0.0385. The summed E-state index contributed by atoms with van der Waals surface area (Å²) in [4.78, 5) is 17.3. The lowest BCUT2D eigenvalue weighted by Crippen LogP contribution is -2.36. The molecule has 2 fully saturated rings. The van der Waals surface area contributed by atoms with Gasteiger partial charge in [-0.1, -0.05) is 36.8 Å².